The summed E-state index contributed by atoms with van der Waals surface area (Å²) in [5.41, 5.74) is 2.69. The number of amides is 1. The first kappa shape index (κ1) is 21.2. The number of nitrogens with zero attached hydrogens (tertiary/aromatic N) is 2. The number of phenolic OH excluding ortho intramolecular Hbond substituents is 1. The van der Waals surface area contributed by atoms with Crippen molar-refractivity contribution < 1.29 is 14.3 Å². The zero-order chi connectivity index (χ0) is 22.8. The predicted molar refractivity (Wildman–Crippen MR) is 122 cm³/mol. The summed E-state index contributed by atoms with van der Waals surface area (Å²) in [6.45, 7) is 5.06. The molecule has 0 aliphatic rings. The number of aromatic amines is 1. The average Bonchev–Trinajstić information content (AvgIpc) is 2.81. The molecule has 0 aliphatic carbocycles. The van der Waals surface area contributed by atoms with Crippen molar-refractivity contribution in [1.82, 2.24) is 14.9 Å². The standard InChI is InChI=1S/C25H22FN3O3/c1-3-29(4-2)25(32)17-7-5-16(6-8-17)21-19(15-9-11-18(26)12-10-15)13-20(30)23-22(21)24(31)28-14-27-23/h5-14,30H,3-4H2,1-2H3,(H,27,28,31). The summed E-state index contributed by atoms with van der Waals surface area (Å²) < 4.78 is 13.5. The van der Waals surface area contributed by atoms with Gasteiger partial charge in [0.1, 0.15) is 17.1 Å². The summed E-state index contributed by atoms with van der Waals surface area (Å²) in [7, 11) is 0. The van der Waals surface area contributed by atoms with E-state index in [1.165, 1.54) is 24.5 Å². The van der Waals surface area contributed by atoms with Gasteiger partial charge in [-0.3, -0.25) is 9.59 Å². The lowest BCUT2D eigenvalue weighted by molar-refractivity contribution is 0.0773. The fraction of sp³-hybridized carbons (Fsp3) is 0.160. The van der Waals surface area contributed by atoms with Crippen molar-refractivity contribution in [3.63, 3.8) is 0 Å². The van der Waals surface area contributed by atoms with Crippen molar-refractivity contribution in [2.45, 2.75) is 13.8 Å². The molecule has 0 spiro atoms. The minimum atomic E-state index is -0.410. The number of H-pyrrole nitrogens is 1. The molecule has 3 aromatic carbocycles. The van der Waals surface area contributed by atoms with Gasteiger partial charge in [0.15, 0.2) is 0 Å². The minimum absolute atomic E-state index is 0.0737. The number of carbonyl (C=O) groups excluding carboxylic acids is 1. The SMILES string of the molecule is CCN(CC)C(=O)c1ccc(-c2c(-c3ccc(F)cc3)cc(O)c3nc[nH]c(=O)c23)cc1. The Morgan fingerprint density at radius 3 is 2.28 bits per heavy atom. The number of nitrogens with one attached hydrogen (secondary N) is 1. The number of aromatic nitrogens is 2. The molecule has 2 N–H and O–H groups in total. The number of fused-ring (bicyclic) bond motifs is 1. The Morgan fingerprint density at radius 2 is 1.66 bits per heavy atom. The van der Waals surface area contributed by atoms with Crippen molar-refractivity contribution in [2.24, 2.45) is 0 Å². The fourth-order valence-electron chi connectivity index (χ4n) is 3.87. The Kier molecular flexibility index (Phi) is 5.73. The summed E-state index contributed by atoms with van der Waals surface area (Å²) >= 11 is 0. The lowest BCUT2D eigenvalue weighted by atomic mass is 9.90. The van der Waals surface area contributed by atoms with Gasteiger partial charge in [-0.15, -0.1) is 0 Å². The highest BCUT2D eigenvalue weighted by atomic mass is 19.1. The van der Waals surface area contributed by atoms with E-state index >= 15 is 0 Å². The van der Waals surface area contributed by atoms with Crippen LogP contribution in [0, 0.1) is 5.82 Å². The molecule has 0 atom stereocenters. The van der Waals surface area contributed by atoms with E-state index in [-0.39, 0.29) is 28.4 Å². The first-order valence-electron chi connectivity index (χ1n) is 10.3. The molecule has 0 radical (unpaired) electrons. The van der Waals surface area contributed by atoms with Crippen LogP contribution in [-0.4, -0.2) is 39.0 Å². The molecule has 162 valence electrons. The van der Waals surface area contributed by atoms with E-state index in [9.17, 15) is 19.1 Å². The van der Waals surface area contributed by atoms with E-state index in [0.717, 1.165) is 0 Å². The van der Waals surface area contributed by atoms with Crippen molar-refractivity contribution in [3.8, 4) is 28.0 Å². The van der Waals surface area contributed by atoms with Crippen LogP contribution in [0.5, 0.6) is 5.75 Å². The summed E-state index contributed by atoms with van der Waals surface area (Å²) in [4.78, 5) is 33.9. The summed E-state index contributed by atoms with van der Waals surface area (Å²) in [6.07, 6.45) is 1.23. The van der Waals surface area contributed by atoms with Gasteiger partial charge >= 0.3 is 0 Å². The summed E-state index contributed by atoms with van der Waals surface area (Å²) in [5, 5.41) is 10.8. The van der Waals surface area contributed by atoms with Gasteiger partial charge in [-0.1, -0.05) is 24.3 Å². The van der Waals surface area contributed by atoms with Crippen LogP contribution in [0.4, 0.5) is 4.39 Å². The van der Waals surface area contributed by atoms with Gasteiger partial charge < -0.3 is 15.0 Å². The number of hydrogen-bond acceptors (Lipinski definition) is 4. The van der Waals surface area contributed by atoms with Gasteiger partial charge in [0.25, 0.3) is 11.5 Å². The highest BCUT2D eigenvalue weighted by molar-refractivity contribution is 6.05. The normalized spacial score (nSPS) is 11.0. The van der Waals surface area contributed by atoms with Gasteiger partial charge in [0, 0.05) is 24.2 Å². The molecule has 6 nitrogen and oxygen atoms in total. The third-order valence-electron chi connectivity index (χ3n) is 5.52. The quantitative estimate of drug-likeness (QED) is 0.484. The van der Waals surface area contributed by atoms with E-state index in [0.29, 0.717) is 40.9 Å². The lowest BCUT2D eigenvalue weighted by Gasteiger charge is -2.19. The van der Waals surface area contributed by atoms with Crippen LogP contribution in [0.3, 0.4) is 0 Å². The topological polar surface area (TPSA) is 86.3 Å². The van der Waals surface area contributed by atoms with E-state index in [1.807, 2.05) is 13.8 Å². The number of carbonyl (C=O) groups is 1. The number of halogens is 1. The third kappa shape index (κ3) is 3.73. The first-order valence-corrected chi connectivity index (χ1v) is 10.3. The van der Waals surface area contributed by atoms with Crippen LogP contribution < -0.4 is 5.56 Å². The van der Waals surface area contributed by atoms with Crippen molar-refractivity contribution in [1.29, 1.82) is 0 Å². The number of hydrogen-bond donors (Lipinski definition) is 2. The molecule has 7 heteroatoms. The van der Waals surface area contributed by atoms with Crippen LogP contribution in [0.1, 0.15) is 24.2 Å². The molecule has 0 unspecified atom stereocenters. The molecule has 0 aliphatic heterocycles. The molecular formula is C25H22FN3O3. The Morgan fingerprint density at radius 1 is 1.03 bits per heavy atom. The molecule has 0 fully saturated rings. The second-order valence-electron chi connectivity index (χ2n) is 7.34. The predicted octanol–water partition coefficient (Wildman–Crippen LogP) is 4.58. The lowest BCUT2D eigenvalue weighted by Crippen LogP contribution is -2.30. The molecule has 4 rings (SSSR count). The van der Waals surface area contributed by atoms with E-state index in [2.05, 4.69) is 9.97 Å². The minimum Gasteiger partial charge on any atom is -0.506 e. The molecular weight excluding hydrogens is 409 g/mol. The maximum atomic E-state index is 13.5. The van der Waals surface area contributed by atoms with Crippen molar-refractivity contribution in [3.05, 3.63) is 82.7 Å². The number of benzene rings is 3. The Balaban J connectivity index is 1.96. The maximum absolute atomic E-state index is 13.5. The largest absolute Gasteiger partial charge is 0.506 e. The fourth-order valence-corrected chi connectivity index (χ4v) is 3.87. The molecule has 0 saturated carbocycles. The zero-order valence-corrected chi connectivity index (χ0v) is 17.7. The van der Waals surface area contributed by atoms with Gasteiger partial charge in [-0.2, -0.15) is 0 Å². The number of phenols is 1. The molecule has 1 aromatic heterocycles. The van der Waals surface area contributed by atoms with Crippen LogP contribution in [0.15, 0.2) is 65.7 Å². The molecule has 1 amide bonds. The van der Waals surface area contributed by atoms with Crippen molar-refractivity contribution in [2.75, 3.05) is 13.1 Å². The smallest absolute Gasteiger partial charge is 0.259 e. The number of aromatic hydroxyl groups is 1. The Labute approximate surface area is 184 Å². The third-order valence-corrected chi connectivity index (χ3v) is 5.52. The number of rotatable bonds is 5. The zero-order valence-electron chi connectivity index (χ0n) is 17.7. The van der Waals surface area contributed by atoms with E-state index < -0.39 is 5.56 Å². The summed E-state index contributed by atoms with van der Waals surface area (Å²) in [6, 6.07) is 14.3. The second-order valence-corrected chi connectivity index (χ2v) is 7.34. The summed E-state index contributed by atoms with van der Waals surface area (Å²) in [5.74, 6) is -0.614. The Hall–Kier alpha value is -4.00. The monoisotopic (exact) mass is 431 g/mol. The maximum Gasteiger partial charge on any atom is 0.259 e. The molecule has 1 heterocycles. The van der Waals surface area contributed by atoms with Gasteiger partial charge in [0.05, 0.1) is 11.7 Å². The molecule has 4 aromatic rings. The van der Waals surface area contributed by atoms with Crippen LogP contribution in [-0.2, 0) is 0 Å². The molecule has 0 bridgehead atoms. The highest BCUT2D eigenvalue weighted by Gasteiger charge is 2.19. The van der Waals surface area contributed by atoms with Gasteiger partial charge in [0.2, 0.25) is 0 Å². The highest BCUT2D eigenvalue weighted by Crippen LogP contribution is 2.40. The van der Waals surface area contributed by atoms with E-state index in [1.54, 1.807) is 41.3 Å². The van der Waals surface area contributed by atoms with Crippen LogP contribution in [0.25, 0.3) is 33.2 Å². The molecule has 0 saturated heterocycles. The van der Waals surface area contributed by atoms with Crippen LogP contribution in [0.2, 0.25) is 0 Å². The average molecular weight is 431 g/mol. The Bertz CT molecular complexity index is 1340. The second kappa shape index (κ2) is 8.63. The van der Waals surface area contributed by atoms with Crippen LogP contribution >= 0.6 is 0 Å². The van der Waals surface area contributed by atoms with E-state index in [4.69, 9.17) is 0 Å². The molecule has 32 heavy (non-hydrogen) atoms. The van der Waals surface area contributed by atoms with Gasteiger partial charge in [-0.25, -0.2) is 9.37 Å². The first-order chi connectivity index (χ1) is 15.4. The van der Waals surface area contributed by atoms with Crippen molar-refractivity contribution >= 4 is 16.8 Å². The van der Waals surface area contributed by atoms with Gasteiger partial charge in [-0.05, 0) is 60.9 Å².